The monoisotopic (exact) mass is 213 g/mol. The molecular formula is C7H10F3NO3. The van der Waals surface area contributed by atoms with Gasteiger partial charge < -0.3 is 15.2 Å². The molecule has 1 aliphatic rings. The minimum absolute atomic E-state index is 0.284. The molecule has 0 heterocycles. The SMILES string of the molecule is O=C(NC1(CO)CC1)OCC(F)(F)F. The van der Waals surface area contributed by atoms with E-state index in [4.69, 9.17) is 5.11 Å². The summed E-state index contributed by atoms with van der Waals surface area (Å²) in [6.45, 7) is -1.89. The van der Waals surface area contributed by atoms with Crippen LogP contribution in [0.15, 0.2) is 0 Å². The molecule has 0 saturated heterocycles. The first-order chi connectivity index (χ1) is 6.37. The molecule has 0 aromatic heterocycles. The zero-order chi connectivity index (χ0) is 10.8. The van der Waals surface area contributed by atoms with Crippen LogP contribution in [0.1, 0.15) is 12.8 Å². The zero-order valence-corrected chi connectivity index (χ0v) is 7.23. The van der Waals surface area contributed by atoms with Crippen molar-refractivity contribution in [3.05, 3.63) is 0 Å². The molecule has 1 fully saturated rings. The maximum atomic E-state index is 11.6. The Bertz CT molecular complexity index is 225. The molecule has 0 atom stereocenters. The molecule has 1 aliphatic carbocycles. The second kappa shape index (κ2) is 3.64. The van der Waals surface area contributed by atoms with Crippen LogP contribution < -0.4 is 5.32 Å². The second-order valence-corrected chi connectivity index (χ2v) is 3.25. The van der Waals surface area contributed by atoms with Crippen LogP contribution in [0.4, 0.5) is 18.0 Å². The number of aliphatic hydroxyl groups is 1. The van der Waals surface area contributed by atoms with Gasteiger partial charge in [0, 0.05) is 0 Å². The Morgan fingerprint density at radius 2 is 2.07 bits per heavy atom. The number of rotatable bonds is 3. The Hall–Kier alpha value is -0.980. The van der Waals surface area contributed by atoms with Crippen molar-refractivity contribution < 1.29 is 27.8 Å². The minimum atomic E-state index is -4.52. The highest BCUT2D eigenvalue weighted by Gasteiger charge is 2.44. The summed E-state index contributed by atoms with van der Waals surface area (Å²) in [5, 5.41) is 10.9. The van der Waals surface area contributed by atoms with Gasteiger partial charge in [0.1, 0.15) is 0 Å². The van der Waals surface area contributed by atoms with Crippen molar-refractivity contribution >= 4 is 6.09 Å². The molecule has 1 rings (SSSR count). The van der Waals surface area contributed by atoms with Gasteiger partial charge in [-0.3, -0.25) is 0 Å². The van der Waals surface area contributed by atoms with Crippen molar-refractivity contribution in [1.82, 2.24) is 5.32 Å². The van der Waals surface area contributed by atoms with Gasteiger partial charge in [0.15, 0.2) is 6.61 Å². The molecular weight excluding hydrogens is 203 g/mol. The third kappa shape index (κ3) is 3.41. The first-order valence-electron chi connectivity index (χ1n) is 3.99. The third-order valence-electron chi connectivity index (χ3n) is 1.89. The van der Waals surface area contributed by atoms with Crippen LogP contribution in [0, 0.1) is 0 Å². The van der Waals surface area contributed by atoms with Crippen LogP contribution in [0.3, 0.4) is 0 Å². The molecule has 0 aromatic rings. The fourth-order valence-corrected chi connectivity index (χ4v) is 0.874. The van der Waals surface area contributed by atoms with Crippen molar-refractivity contribution in [2.24, 2.45) is 0 Å². The first kappa shape index (κ1) is 11.1. The standard InChI is InChI=1S/C7H10F3NO3/c8-7(9,10)4-14-5(13)11-6(3-12)1-2-6/h12H,1-4H2,(H,11,13). The van der Waals surface area contributed by atoms with E-state index in [0.717, 1.165) is 0 Å². The summed E-state index contributed by atoms with van der Waals surface area (Å²) in [6, 6.07) is 0. The van der Waals surface area contributed by atoms with Gasteiger partial charge in [-0.25, -0.2) is 4.79 Å². The molecule has 0 bridgehead atoms. The van der Waals surface area contributed by atoms with Crippen LogP contribution in [-0.4, -0.2) is 36.1 Å². The van der Waals surface area contributed by atoms with Gasteiger partial charge in [-0.1, -0.05) is 0 Å². The van der Waals surface area contributed by atoms with Gasteiger partial charge in [-0.05, 0) is 12.8 Å². The molecule has 14 heavy (non-hydrogen) atoms. The number of ether oxygens (including phenoxy) is 1. The molecule has 4 nitrogen and oxygen atoms in total. The maximum Gasteiger partial charge on any atom is 0.422 e. The van der Waals surface area contributed by atoms with E-state index in [1.165, 1.54) is 0 Å². The Morgan fingerprint density at radius 1 is 1.50 bits per heavy atom. The van der Waals surface area contributed by atoms with Crippen molar-refractivity contribution in [2.45, 2.75) is 24.6 Å². The predicted molar refractivity (Wildman–Crippen MR) is 39.6 cm³/mol. The summed E-state index contributed by atoms with van der Waals surface area (Å²) in [5.41, 5.74) is -0.747. The lowest BCUT2D eigenvalue weighted by Crippen LogP contribution is -2.41. The summed E-state index contributed by atoms with van der Waals surface area (Å²) in [4.78, 5) is 10.8. The summed E-state index contributed by atoms with van der Waals surface area (Å²) >= 11 is 0. The number of aliphatic hydroxyl groups excluding tert-OH is 1. The summed E-state index contributed by atoms with van der Waals surface area (Å²) in [6.07, 6.45) is -4.54. The number of alkyl carbamates (subject to hydrolysis) is 1. The van der Waals surface area contributed by atoms with E-state index in [1.54, 1.807) is 0 Å². The topological polar surface area (TPSA) is 58.6 Å². The Morgan fingerprint density at radius 3 is 2.43 bits per heavy atom. The van der Waals surface area contributed by atoms with E-state index in [2.05, 4.69) is 10.1 Å². The number of hydrogen-bond donors (Lipinski definition) is 2. The van der Waals surface area contributed by atoms with Crippen LogP contribution in [0.5, 0.6) is 0 Å². The number of carbonyl (C=O) groups excluding carboxylic acids is 1. The number of amides is 1. The molecule has 0 radical (unpaired) electrons. The van der Waals surface area contributed by atoms with Crippen molar-refractivity contribution in [3.63, 3.8) is 0 Å². The van der Waals surface area contributed by atoms with Gasteiger partial charge in [0.2, 0.25) is 0 Å². The highest BCUT2D eigenvalue weighted by atomic mass is 19.4. The average molecular weight is 213 g/mol. The molecule has 1 amide bonds. The number of nitrogens with one attached hydrogen (secondary N) is 1. The third-order valence-corrected chi connectivity index (χ3v) is 1.89. The second-order valence-electron chi connectivity index (χ2n) is 3.25. The van der Waals surface area contributed by atoms with Gasteiger partial charge >= 0.3 is 12.3 Å². The van der Waals surface area contributed by atoms with Gasteiger partial charge in [0.25, 0.3) is 0 Å². The van der Waals surface area contributed by atoms with E-state index in [1.807, 2.05) is 0 Å². The molecule has 0 aromatic carbocycles. The molecule has 1 saturated carbocycles. The van der Waals surface area contributed by atoms with E-state index in [0.29, 0.717) is 12.8 Å². The summed E-state index contributed by atoms with van der Waals surface area (Å²) in [7, 11) is 0. The lowest BCUT2D eigenvalue weighted by atomic mass is 10.3. The predicted octanol–water partition coefficient (Wildman–Crippen LogP) is 0.800. The lowest BCUT2D eigenvalue weighted by Gasteiger charge is -2.14. The lowest BCUT2D eigenvalue weighted by molar-refractivity contribution is -0.160. The van der Waals surface area contributed by atoms with E-state index in [9.17, 15) is 18.0 Å². The number of hydrogen-bond acceptors (Lipinski definition) is 3. The number of halogens is 3. The van der Waals surface area contributed by atoms with Gasteiger partial charge in [-0.2, -0.15) is 13.2 Å². The molecule has 0 unspecified atom stereocenters. The highest BCUT2D eigenvalue weighted by molar-refractivity contribution is 5.69. The fraction of sp³-hybridized carbons (Fsp3) is 0.857. The number of carbonyl (C=O) groups is 1. The van der Waals surface area contributed by atoms with Gasteiger partial charge in [-0.15, -0.1) is 0 Å². The van der Waals surface area contributed by atoms with Crippen molar-refractivity contribution in [1.29, 1.82) is 0 Å². The smallest absolute Gasteiger partial charge is 0.422 e. The van der Waals surface area contributed by atoms with E-state index in [-0.39, 0.29) is 6.61 Å². The Balaban J connectivity index is 2.23. The molecule has 0 spiro atoms. The molecule has 2 N–H and O–H groups in total. The Labute approximate surface area is 78.0 Å². The normalized spacial score (nSPS) is 18.9. The van der Waals surface area contributed by atoms with E-state index >= 15 is 0 Å². The molecule has 82 valence electrons. The summed E-state index contributed by atoms with van der Waals surface area (Å²) in [5.74, 6) is 0. The number of alkyl halides is 3. The quantitative estimate of drug-likeness (QED) is 0.729. The maximum absolute atomic E-state index is 11.6. The van der Waals surface area contributed by atoms with Crippen LogP contribution in [0.25, 0.3) is 0 Å². The first-order valence-corrected chi connectivity index (χ1v) is 3.99. The largest absolute Gasteiger partial charge is 0.440 e. The average Bonchev–Trinajstić information content (AvgIpc) is 2.81. The van der Waals surface area contributed by atoms with Crippen LogP contribution >= 0.6 is 0 Å². The van der Waals surface area contributed by atoms with Crippen LogP contribution in [0.2, 0.25) is 0 Å². The van der Waals surface area contributed by atoms with Crippen molar-refractivity contribution in [3.8, 4) is 0 Å². The highest BCUT2D eigenvalue weighted by Crippen LogP contribution is 2.34. The fourth-order valence-electron chi connectivity index (χ4n) is 0.874. The Kier molecular flexibility index (Phi) is 2.89. The molecule has 7 heteroatoms. The molecule has 0 aliphatic heterocycles. The van der Waals surface area contributed by atoms with E-state index < -0.39 is 24.4 Å². The van der Waals surface area contributed by atoms with Crippen LogP contribution in [-0.2, 0) is 4.74 Å². The summed E-state index contributed by atoms with van der Waals surface area (Å²) < 4.78 is 38.7. The van der Waals surface area contributed by atoms with Gasteiger partial charge in [0.05, 0.1) is 12.1 Å². The minimum Gasteiger partial charge on any atom is -0.440 e. The zero-order valence-electron chi connectivity index (χ0n) is 7.23. The van der Waals surface area contributed by atoms with Crippen molar-refractivity contribution in [2.75, 3.05) is 13.2 Å².